The van der Waals surface area contributed by atoms with Crippen molar-refractivity contribution in [3.05, 3.63) is 60.2 Å². The molecule has 0 saturated carbocycles. The van der Waals surface area contributed by atoms with Gasteiger partial charge in [-0.05, 0) is 29.7 Å². The van der Waals surface area contributed by atoms with Crippen LogP contribution in [0.1, 0.15) is 12.0 Å². The zero-order chi connectivity index (χ0) is 15.5. The molecule has 0 radical (unpaired) electrons. The summed E-state index contributed by atoms with van der Waals surface area (Å²) in [5.74, 6) is -0.382. The minimum atomic E-state index is -5.63. The molecule has 7 heteroatoms. The van der Waals surface area contributed by atoms with Crippen molar-refractivity contribution in [3.8, 4) is 5.75 Å². The minimum Gasteiger partial charge on any atom is -0.376 e. The van der Waals surface area contributed by atoms with Gasteiger partial charge in [0.25, 0.3) is 0 Å². The molecule has 1 aliphatic rings. The lowest BCUT2D eigenvalue weighted by Crippen LogP contribution is -2.28. The summed E-state index contributed by atoms with van der Waals surface area (Å²) in [5.41, 5.74) is -3.79. The van der Waals surface area contributed by atoms with E-state index in [4.69, 9.17) is 0 Å². The number of hydrogen-bond acceptors (Lipinski definition) is 3. The largest absolute Gasteiger partial charge is 0.534 e. The van der Waals surface area contributed by atoms with E-state index in [-0.39, 0.29) is 5.75 Å². The summed E-state index contributed by atoms with van der Waals surface area (Å²) >= 11 is 0. The summed E-state index contributed by atoms with van der Waals surface area (Å²) in [4.78, 5) is 0. The van der Waals surface area contributed by atoms with Crippen LogP contribution in [0.25, 0.3) is 5.57 Å². The lowest BCUT2D eigenvalue weighted by atomic mass is 10.0. The Morgan fingerprint density at radius 1 is 1.05 bits per heavy atom. The van der Waals surface area contributed by atoms with Gasteiger partial charge in [0, 0.05) is 0 Å². The van der Waals surface area contributed by atoms with E-state index in [0.717, 1.165) is 17.6 Å². The van der Waals surface area contributed by atoms with Crippen molar-refractivity contribution in [2.24, 2.45) is 0 Å². The van der Waals surface area contributed by atoms with Gasteiger partial charge in [0.05, 0.1) is 0 Å². The van der Waals surface area contributed by atoms with Crippen LogP contribution in [0.5, 0.6) is 5.75 Å². The summed E-state index contributed by atoms with van der Waals surface area (Å²) < 4.78 is 62.4. The fourth-order valence-corrected chi connectivity index (χ4v) is 2.13. The maximum atomic E-state index is 12.2. The fourth-order valence-electron chi connectivity index (χ4n) is 1.67. The first-order valence-electron chi connectivity index (χ1n) is 5.94. The topological polar surface area (TPSA) is 43.4 Å². The molecule has 1 aliphatic carbocycles. The molecule has 1 aromatic rings. The maximum absolute atomic E-state index is 12.2. The van der Waals surface area contributed by atoms with Crippen LogP contribution in [-0.4, -0.2) is 13.9 Å². The maximum Gasteiger partial charge on any atom is 0.534 e. The number of rotatable bonds is 3. The molecule has 0 fully saturated rings. The van der Waals surface area contributed by atoms with E-state index in [1.807, 2.05) is 30.4 Å². The van der Waals surface area contributed by atoms with Gasteiger partial charge in [-0.25, -0.2) is 0 Å². The van der Waals surface area contributed by atoms with Crippen LogP contribution in [-0.2, 0) is 10.1 Å². The van der Waals surface area contributed by atoms with Crippen LogP contribution in [0.4, 0.5) is 13.2 Å². The van der Waals surface area contributed by atoms with Gasteiger partial charge in [-0.3, -0.25) is 0 Å². The Labute approximate surface area is 120 Å². The van der Waals surface area contributed by atoms with Gasteiger partial charge >= 0.3 is 15.6 Å². The highest BCUT2D eigenvalue weighted by Crippen LogP contribution is 2.28. The first-order chi connectivity index (χ1) is 9.79. The Hall–Kier alpha value is -2.02. The highest BCUT2D eigenvalue weighted by Gasteiger charge is 2.48. The first-order valence-corrected chi connectivity index (χ1v) is 7.35. The third kappa shape index (κ3) is 3.75. The van der Waals surface area contributed by atoms with Crippen molar-refractivity contribution >= 4 is 15.7 Å². The number of allylic oxidation sites excluding steroid dienone is 6. The number of hydrogen-bond donors (Lipinski definition) is 0. The highest BCUT2D eigenvalue weighted by atomic mass is 32.2. The van der Waals surface area contributed by atoms with Gasteiger partial charge in [0.1, 0.15) is 5.75 Å². The number of benzene rings is 1. The second-order valence-corrected chi connectivity index (χ2v) is 5.73. The van der Waals surface area contributed by atoms with Crippen molar-refractivity contribution < 1.29 is 25.8 Å². The molecular formula is C14H11F3O3S. The number of halogens is 3. The summed E-state index contributed by atoms with van der Waals surface area (Å²) in [7, 11) is -5.63. The molecule has 2 rings (SSSR count). The smallest absolute Gasteiger partial charge is 0.376 e. The molecule has 3 nitrogen and oxygen atoms in total. The molecule has 0 N–H and O–H groups in total. The summed E-state index contributed by atoms with van der Waals surface area (Å²) in [6.45, 7) is 0. The summed E-state index contributed by atoms with van der Waals surface area (Å²) in [6, 6.07) is 5.38. The molecule has 0 bridgehead atoms. The van der Waals surface area contributed by atoms with Gasteiger partial charge in [0.15, 0.2) is 0 Å². The predicted molar refractivity (Wildman–Crippen MR) is 72.9 cm³/mol. The van der Waals surface area contributed by atoms with E-state index < -0.39 is 15.6 Å². The first kappa shape index (κ1) is 15.4. The van der Waals surface area contributed by atoms with Crippen molar-refractivity contribution in [2.45, 2.75) is 11.9 Å². The molecule has 0 amide bonds. The quantitative estimate of drug-likeness (QED) is 0.629. The molecule has 1 aromatic carbocycles. The summed E-state index contributed by atoms with van der Waals surface area (Å²) in [5, 5.41) is 0. The van der Waals surface area contributed by atoms with E-state index in [9.17, 15) is 21.6 Å². The Balaban J connectivity index is 2.19. The monoisotopic (exact) mass is 316 g/mol. The zero-order valence-electron chi connectivity index (χ0n) is 10.7. The molecule has 0 saturated heterocycles. The molecule has 0 aromatic heterocycles. The van der Waals surface area contributed by atoms with Gasteiger partial charge < -0.3 is 4.18 Å². The van der Waals surface area contributed by atoms with E-state index in [0.29, 0.717) is 0 Å². The van der Waals surface area contributed by atoms with Gasteiger partial charge in [-0.1, -0.05) is 42.5 Å². The molecule has 0 spiro atoms. The fraction of sp³-hybridized carbons (Fsp3) is 0.143. The molecule has 0 aliphatic heterocycles. The molecule has 0 unspecified atom stereocenters. The van der Waals surface area contributed by atoms with Gasteiger partial charge in [-0.15, -0.1) is 0 Å². The second-order valence-electron chi connectivity index (χ2n) is 4.19. The van der Waals surface area contributed by atoms with Gasteiger partial charge in [0.2, 0.25) is 0 Å². The second kappa shape index (κ2) is 5.77. The van der Waals surface area contributed by atoms with E-state index in [1.165, 1.54) is 24.3 Å². The Morgan fingerprint density at radius 3 is 2.33 bits per heavy atom. The minimum absolute atomic E-state index is 0.382. The van der Waals surface area contributed by atoms with Crippen LogP contribution < -0.4 is 4.18 Å². The van der Waals surface area contributed by atoms with E-state index in [2.05, 4.69) is 4.18 Å². The van der Waals surface area contributed by atoms with Crippen LogP contribution >= 0.6 is 0 Å². The van der Waals surface area contributed by atoms with Crippen LogP contribution in [0.15, 0.2) is 54.6 Å². The predicted octanol–water partition coefficient (Wildman–Crippen LogP) is 3.81. The Morgan fingerprint density at radius 2 is 1.71 bits per heavy atom. The van der Waals surface area contributed by atoms with Crippen LogP contribution in [0, 0.1) is 0 Å². The SMILES string of the molecule is O=S(=O)(Oc1ccc(C2=CCC=CC=C2)cc1)C(F)(F)F. The van der Waals surface area contributed by atoms with Crippen molar-refractivity contribution in [2.75, 3.05) is 0 Å². The molecule has 0 heterocycles. The average molecular weight is 316 g/mol. The van der Waals surface area contributed by atoms with Crippen molar-refractivity contribution in [3.63, 3.8) is 0 Å². The Bertz CT molecular complexity index is 696. The summed E-state index contributed by atoms with van der Waals surface area (Å²) in [6.07, 6.45) is 10.2. The van der Waals surface area contributed by atoms with Crippen LogP contribution in [0.3, 0.4) is 0 Å². The van der Waals surface area contributed by atoms with Gasteiger partial charge in [-0.2, -0.15) is 21.6 Å². The van der Waals surface area contributed by atoms with Crippen molar-refractivity contribution in [1.29, 1.82) is 0 Å². The average Bonchev–Trinajstić information content (AvgIpc) is 2.67. The van der Waals surface area contributed by atoms with Crippen molar-refractivity contribution in [1.82, 2.24) is 0 Å². The zero-order valence-corrected chi connectivity index (χ0v) is 11.5. The highest BCUT2D eigenvalue weighted by molar-refractivity contribution is 7.87. The van der Waals surface area contributed by atoms with E-state index in [1.54, 1.807) is 0 Å². The Kier molecular flexibility index (Phi) is 4.22. The third-order valence-electron chi connectivity index (χ3n) is 2.67. The third-order valence-corrected chi connectivity index (χ3v) is 3.65. The molecule has 21 heavy (non-hydrogen) atoms. The lowest BCUT2D eigenvalue weighted by molar-refractivity contribution is -0.0500. The van der Waals surface area contributed by atoms with Crippen LogP contribution in [0.2, 0.25) is 0 Å². The number of alkyl halides is 3. The normalized spacial score (nSPS) is 15.5. The van der Waals surface area contributed by atoms with E-state index >= 15 is 0 Å². The standard InChI is InChI=1S/C14H11F3O3S/c15-14(16,17)21(18,19)20-13-9-7-12(8-10-13)11-5-3-1-2-4-6-11/h1-3,5-10H,4H2. The molecule has 0 atom stereocenters. The molecular weight excluding hydrogens is 305 g/mol. The lowest BCUT2D eigenvalue weighted by Gasteiger charge is -2.10. The molecule has 112 valence electrons.